The largest absolute Gasteiger partial charge is 0.501 e. The lowest BCUT2D eigenvalue weighted by Gasteiger charge is -2.21. The zero-order valence-electron chi connectivity index (χ0n) is 24.5. The number of hydrazine groups is 1. The van der Waals surface area contributed by atoms with Gasteiger partial charge in [0.1, 0.15) is 23.0 Å². The lowest BCUT2D eigenvalue weighted by Crippen LogP contribution is -2.36. The van der Waals surface area contributed by atoms with Crippen LogP contribution in [-0.4, -0.2) is 64.4 Å². The predicted molar refractivity (Wildman–Crippen MR) is 157 cm³/mol. The molecule has 18 heteroatoms. The van der Waals surface area contributed by atoms with Gasteiger partial charge in [-0.05, 0) is 79.1 Å². The number of urea groups is 1. The van der Waals surface area contributed by atoms with Crippen LogP contribution in [0.15, 0.2) is 71.8 Å². The van der Waals surface area contributed by atoms with Crippen LogP contribution in [0, 0.1) is 5.82 Å². The molecule has 1 aromatic heterocycles. The Morgan fingerprint density at radius 2 is 1.60 bits per heavy atom. The second kappa shape index (κ2) is 11.6. The highest BCUT2D eigenvalue weighted by molar-refractivity contribution is 7.92. The van der Waals surface area contributed by atoms with Gasteiger partial charge < -0.3 is 10.2 Å². The molecule has 0 bridgehead atoms. The highest BCUT2D eigenvalue weighted by Gasteiger charge is 2.65. The van der Waals surface area contributed by atoms with Crippen LogP contribution in [0.4, 0.5) is 33.9 Å². The van der Waals surface area contributed by atoms with Gasteiger partial charge in [-0.3, -0.25) is 19.2 Å². The number of pyridine rings is 1. The number of sulfone groups is 1. The number of anilines is 2. The standard InChI is InChI=1S/C25H18F4N4O5S.C5H6N2O2/c26-17-3-1-16(2-4-17)21(34)31-20-13-15(9-12-30-20)14-32-23(36)33(22(35)24(32)10-11-24)18-5-7-19(8-6-18)39(37,38)25(27,28)29;8-3-1-4(9)5(2-3)6-7-5/h1-9,12-13H,10-11,14H2,(H,30,31,34);6-7H,1-2H2. The maximum Gasteiger partial charge on any atom is 0.501 e. The van der Waals surface area contributed by atoms with Crippen LogP contribution < -0.4 is 21.1 Å². The molecule has 13 nitrogen and oxygen atoms in total. The van der Waals surface area contributed by atoms with Crippen molar-refractivity contribution in [2.24, 2.45) is 0 Å². The fourth-order valence-electron chi connectivity index (χ4n) is 5.37. The van der Waals surface area contributed by atoms with Crippen molar-refractivity contribution in [1.29, 1.82) is 0 Å². The number of alkyl halides is 3. The topological polar surface area (TPSA) is 195 Å². The number of nitrogens with zero attached hydrogens (tertiary/aromatic N) is 3. The zero-order chi connectivity index (χ0) is 34.6. The van der Waals surface area contributed by atoms with Crippen LogP contribution in [0.3, 0.4) is 0 Å². The van der Waals surface area contributed by atoms with E-state index in [1.165, 1.54) is 29.3 Å². The summed E-state index contributed by atoms with van der Waals surface area (Å²) in [5.41, 5.74) is -1.24. The summed E-state index contributed by atoms with van der Waals surface area (Å²) < 4.78 is 75.0. The molecule has 7 rings (SSSR count). The van der Waals surface area contributed by atoms with Crippen LogP contribution >= 0.6 is 0 Å². The van der Waals surface area contributed by atoms with E-state index in [-0.39, 0.29) is 41.6 Å². The first-order chi connectivity index (χ1) is 22.6. The van der Waals surface area contributed by atoms with E-state index in [9.17, 15) is 50.0 Å². The van der Waals surface area contributed by atoms with Crippen molar-refractivity contribution in [3.8, 4) is 0 Å². The highest BCUT2D eigenvalue weighted by atomic mass is 32.2. The van der Waals surface area contributed by atoms with Gasteiger partial charge in [-0.15, -0.1) is 0 Å². The van der Waals surface area contributed by atoms with Crippen LogP contribution in [0.2, 0.25) is 0 Å². The number of hydrogen-bond acceptors (Lipinski definition) is 10. The third kappa shape index (κ3) is 5.93. The van der Waals surface area contributed by atoms with Gasteiger partial charge >= 0.3 is 11.5 Å². The lowest BCUT2D eigenvalue weighted by molar-refractivity contribution is -0.122. The number of rotatable bonds is 6. The van der Waals surface area contributed by atoms with E-state index in [2.05, 4.69) is 21.2 Å². The maximum absolute atomic E-state index is 13.3. The molecule has 4 aliphatic rings. The Kier molecular flexibility index (Phi) is 7.92. The van der Waals surface area contributed by atoms with E-state index in [0.29, 0.717) is 37.0 Å². The first kappa shape index (κ1) is 32.9. The summed E-state index contributed by atoms with van der Waals surface area (Å²) in [6, 6.07) is 10.6. The summed E-state index contributed by atoms with van der Waals surface area (Å²) in [4.78, 5) is 65.6. The number of hydrogen-bond donors (Lipinski definition) is 3. The van der Waals surface area contributed by atoms with E-state index in [4.69, 9.17) is 0 Å². The van der Waals surface area contributed by atoms with Crippen LogP contribution in [-0.2, 0) is 30.8 Å². The minimum absolute atomic E-state index is 0.0208. The minimum atomic E-state index is -5.59. The number of aromatic nitrogens is 1. The van der Waals surface area contributed by atoms with Crippen LogP contribution in [0.1, 0.15) is 41.6 Å². The fourth-order valence-corrected chi connectivity index (χ4v) is 6.14. The summed E-state index contributed by atoms with van der Waals surface area (Å²) >= 11 is 0. The Labute approximate surface area is 269 Å². The summed E-state index contributed by atoms with van der Waals surface area (Å²) in [5.74, 6) is -1.44. The van der Waals surface area contributed by atoms with E-state index >= 15 is 0 Å². The molecule has 2 aliphatic carbocycles. The number of benzene rings is 2. The van der Waals surface area contributed by atoms with Crippen molar-refractivity contribution >= 4 is 50.8 Å². The molecule has 0 unspecified atom stereocenters. The molecule has 3 aromatic rings. The highest BCUT2D eigenvalue weighted by Crippen LogP contribution is 2.50. The average molecular weight is 689 g/mol. The lowest BCUT2D eigenvalue weighted by atomic mass is 10.2. The molecule has 4 amide bonds. The number of nitrogens with one attached hydrogen (secondary N) is 3. The first-order valence-corrected chi connectivity index (χ1v) is 15.7. The number of Topliss-reactive ketones (excluding diaryl/α,β-unsaturated/α-hetero) is 2. The molecule has 4 fully saturated rings. The monoisotopic (exact) mass is 688 g/mol. The summed E-state index contributed by atoms with van der Waals surface area (Å²) in [7, 11) is -5.59. The minimum Gasteiger partial charge on any atom is -0.307 e. The smallest absolute Gasteiger partial charge is 0.307 e. The molecule has 3 N–H and O–H groups in total. The molecule has 2 saturated heterocycles. The number of amides is 4. The van der Waals surface area contributed by atoms with Gasteiger partial charge in [-0.2, -0.15) is 13.2 Å². The Hall–Kier alpha value is -5.07. The number of ketones is 2. The van der Waals surface area contributed by atoms with Gasteiger partial charge in [-0.1, -0.05) is 0 Å². The third-order valence-electron chi connectivity index (χ3n) is 8.21. The van der Waals surface area contributed by atoms with E-state index in [0.717, 1.165) is 29.2 Å². The Bertz CT molecular complexity index is 1960. The van der Waals surface area contributed by atoms with Gasteiger partial charge in [0.2, 0.25) is 0 Å². The number of imide groups is 1. The summed E-state index contributed by atoms with van der Waals surface area (Å²) in [6.45, 7) is -0.0381. The van der Waals surface area contributed by atoms with E-state index < -0.39 is 55.1 Å². The number of carbonyl (C=O) groups is 5. The van der Waals surface area contributed by atoms with Crippen molar-refractivity contribution in [2.75, 3.05) is 10.2 Å². The predicted octanol–water partition coefficient (Wildman–Crippen LogP) is 2.99. The van der Waals surface area contributed by atoms with Gasteiger partial charge in [0.05, 0.1) is 17.0 Å². The summed E-state index contributed by atoms with van der Waals surface area (Å²) in [6.07, 6.45) is 2.56. The first-order valence-electron chi connectivity index (χ1n) is 14.3. The molecule has 2 saturated carbocycles. The second-order valence-electron chi connectivity index (χ2n) is 11.5. The Morgan fingerprint density at radius 3 is 2.12 bits per heavy atom. The molecule has 2 spiro atoms. The van der Waals surface area contributed by atoms with Crippen molar-refractivity contribution in [3.63, 3.8) is 0 Å². The van der Waals surface area contributed by atoms with Crippen LogP contribution in [0.5, 0.6) is 0 Å². The third-order valence-corrected chi connectivity index (χ3v) is 9.71. The van der Waals surface area contributed by atoms with Crippen molar-refractivity contribution in [3.05, 3.63) is 83.8 Å². The normalized spacial score (nSPS) is 19.1. The molecule has 2 aliphatic heterocycles. The Balaban J connectivity index is 0.000000381. The second-order valence-corrected chi connectivity index (χ2v) is 13.4. The number of carbonyl (C=O) groups excluding carboxylic acids is 5. The van der Waals surface area contributed by atoms with Crippen molar-refractivity contribution < 1.29 is 50.0 Å². The average Bonchev–Trinajstić information content (AvgIpc) is 3.95. The van der Waals surface area contributed by atoms with Crippen molar-refractivity contribution in [1.82, 2.24) is 20.7 Å². The van der Waals surface area contributed by atoms with E-state index in [1.807, 2.05) is 0 Å². The molecule has 3 heterocycles. The molecule has 0 atom stereocenters. The molecular formula is C30H24F4N6O7S. The molecule has 250 valence electrons. The number of halogens is 4. The molecular weight excluding hydrogens is 664 g/mol. The summed E-state index contributed by atoms with van der Waals surface area (Å²) in [5, 5.41) is 2.58. The van der Waals surface area contributed by atoms with Gasteiger partial charge in [0, 0.05) is 24.7 Å². The zero-order valence-corrected chi connectivity index (χ0v) is 25.3. The molecule has 48 heavy (non-hydrogen) atoms. The van der Waals surface area contributed by atoms with Crippen molar-refractivity contribution in [2.45, 2.75) is 53.8 Å². The molecule has 2 aromatic carbocycles. The quantitative estimate of drug-likeness (QED) is 0.150. The van der Waals surface area contributed by atoms with Gasteiger partial charge in [0.25, 0.3) is 21.7 Å². The fraction of sp³-hybridized carbons (Fsp3) is 0.267. The van der Waals surface area contributed by atoms with Gasteiger partial charge in [0.15, 0.2) is 11.4 Å². The van der Waals surface area contributed by atoms with Gasteiger partial charge in [-0.25, -0.2) is 38.3 Å². The van der Waals surface area contributed by atoms with E-state index in [1.54, 1.807) is 6.07 Å². The SMILES string of the molecule is O=C(Nc1cc(CN2C(=O)N(c3ccc(S(=O)(=O)C(F)(F)F)cc3)C(=O)C23CC3)ccn1)c1ccc(F)cc1.O=C1CC(=O)C2(C1)NN2. The molecule has 0 radical (unpaired) electrons. The maximum atomic E-state index is 13.3. The van der Waals surface area contributed by atoms with Crippen LogP contribution in [0.25, 0.3) is 0 Å². The Morgan fingerprint density at radius 1 is 0.958 bits per heavy atom.